The summed E-state index contributed by atoms with van der Waals surface area (Å²) in [5, 5.41) is 0. The molecular formula is C20H30N2Zn2. The molecule has 4 heteroatoms. The molecule has 0 aromatic heterocycles. The van der Waals surface area contributed by atoms with Gasteiger partial charge >= 0.3 is 106 Å². The molecule has 0 bridgehead atoms. The Bertz CT molecular complexity index is 388. The third-order valence-electron chi connectivity index (χ3n) is 2.75. The summed E-state index contributed by atoms with van der Waals surface area (Å²) in [4.78, 5) is 0. The first-order valence-electron chi connectivity index (χ1n) is 8.65. The monoisotopic (exact) mass is 426 g/mol. The van der Waals surface area contributed by atoms with Crippen LogP contribution in [0, 0.1) is 0 Å². The molecule has 0 unspecified atom stereocenters. The molecule has 2 aromatic carbocycles. The van der Waals surface area contributed by atoms with Gasteiger partial charge in [0.1, 0.15) is 0 Å². The normalized spacial score (nSPS) is 8.67. The first-order valence-corrected chi connectivity index (χ1v) is 11.6. The molecule has 0 amide bonds. The van der Waals surface area contributed by atoms with Crippen molar-refractivity contribution in [1.82, 2.24) is 0 Å². The number of nitrogens with one attached hydrogen (secondary N) is 2. The van der Waals surface area contributed by atoms with Crippen molar-refractivity contribution in [2.45, 2.75) is 39.5 Å². The molecule has 2 rings (SSSR count). The fourth-order valence-corrected chi connectivity index (χ4v) is 2.45. The van der Waals surface area contributed by atoms with E-state index < -0.39 is 0 Å². The Kier molecular flexibility index (Phi) is 24.3. The number of benzene rings is 2. The van der Waals surface area contributed by atoms with Crippen LogP contribution in [-0.2, 0) is 36.6 Å². The zero-order valence-electron chi connectivity index (χ0n) is 15.4. The van der Waals surface area contributed by atoms with Gasteiger partial charge in [0.25, 0.3) is 0 Å². The predicted octanol–water partition coefficient (Wildman–Crippen LogP) is 5.39. The van der Waals surface area contributed by atoms with Crippen LogP contribution in [0.1, 0.15) is 39.5 Å². The van der Waals surface area contributed by atoms with Crippen LogP contribution in [0.5, 0.6) is 0 Å². The van der Waals surface area contributed by atoms with E-state index in [0.29, 0.717) is 13.1 Å². The fourth-order valence-electron chi connectivity index (χ4n) is 1.31. The van der Waals surface area contributed by atoms with Gasteiger partial charge in [-0.25, -0.2) is 0 Å². The molecule has 0 aliphatic heterocycles. The molecule has 0 spiro atoms. The van der Waals surface area contributed by atoms with Gasteiger partial charge in [0.2, 0.25) is 0 Å². The quantitative estimate of drug-likeness (QED) is 0.585. The van der Waals surface area contributed by atoms with Crippen LogP contribution in [0.15, 0.2) is 60.7 Å². The summed E-state index contributed by atoms with van der Waals surface area (Å²) in [6, 6.07) is 20.9. The molecule has 0 radical (unpaired) electrons. The van der Waals surface area contributed by atoms with E-state index in [9.17, 15) is 0 Å². The summed E-state index contributed by atoms with van der Waals surface area (Å²) in [7, 11) is 0. The van der Waals surface area contributed by atoms with E-state index in [4.69, 9.17) is 11.5 Å². The minimum absolute atomic E-state index is 0.594. The molecule has 0 atom stereocenters. The first-order chi connectivity index (χ1) is 11.6. The van der Waals surface area contributed by atoms with Crippen molar-refractivity contribution in [1.29, 1.82) is 0 Å². The van der Waals surface area contributed by atoms with Gasteiger partial charge < -0.3 is 11.5 Å². The Morgan fingerprint density at radius 1 is 0.625 bits per heavy atom. The van der Waals surface area contributed by atoms with Gasteiger partial charge in [-0.05, 0) is 0 Å². The molecule has 2 aromatic rings. The second kappa shape index (κ2) is 22.6. The first kappa shape index (κ1) is 25.8. The average Bonchev–Trinajstić information content (AvgIpc) is 2.59. The SMILES string of the molecule is CCCC[NH-].CCCC[NH-].[Zn+][c]1ccccc1.[Zn+][c]1ccccc1. The molecule has 2 N–H and O–H groups in total. The van der Waals surface area contributed by atoms with Crippen molar-refractivity contribution in [2.24, 2.45) is 0 Å². The summed E-state index contributed by atoms with van der Waals surface area (Å²) >= 11 is 2.53. The second-order valence-corrected chi connectivity index (χ2v) is 8.60. The van der Waals surface area contributed by atoms with Gasteiger partial charge in [0.05, 0.1) is 0 Å². The van der Waals surface area contributed by atoms with Crippen LogP contribution in [0.2, 0.25) is 0 Å². The van der Waals surface area contributed by atoms with E-state index in [0.717, 1.165) is 25.7 Å². The van der Waals surface area contributed by atoms with Crippen LogP contribution < -0.4 is 8.32 Å². The maximum absolute atomic E-state index is 6.60. The zero-order valence-corrected chi connectivity index (χ0v) is 21.4. The van der Waals surface area contributed by atoms with Gasteiger partial charge in [-0.2, -0.15) is 13.1 Å². The molecule has 2 nitrogen and oxygen atoms in total. The Morgan fingerprint density at radius 3 is 1.00 bits per heavy atom. The number of rotatable bonds is 4. The van der Waals surface area contributed by atoms with Gasteiger partial charge in [0.15, 0.2) is 0 Å². The van der Waals surface area contributed by atoms with Gasteiger partial charge in [-0.3, -0.25) is 0 Å². The van der Waals surface area contributed by atoms with Crippen LogP contribution in [0.4, 0.5) is 0 Å². The predicted molar refractivity (Wildman–Crippen MR) is 100 cm³/mol. The van der Waals surface area contributed by atoms with Crippen molar-refractivity contribution < 1.29 is 36.6 Å². The van der Waals surface area contributed by atoms with Crippen LogP contribution in [0.3, 0.4) is 0 Å². The number of hydrogen-bond donors (Lipinski definition) is 0. The van der Waals surface area contributed by atoms with E-state index in [1.165, 1.54) is 44.9 Å². The van der Waals surface area contributed by atoms with Crippen molar-refractivity contribution in [3.8, 4) is 0 Å². The topological polar surface area (TPSA) is 47.6 Å². The summed E-state index contributed by atoms with van der Waals surface area (Å²) < 4.78 is 2.89. The molecule has 0 aliphatic rings. The molecule has 24 heavy (non-hydrogen) atoms. The third kappa shape index (κ3) is 23.9. The molecule has 0 fully saturated rings. The van der Waals surface area contributed by atoms with E-state index in [2.05, 4.69) is 62.4 Å². The minimum atomic E-state index is 0.594. The number of unbranched alkanes of at least 4 members (excludes halogenated alkanes) is 2. The van der Waals surface area contributed by atoms with Crippen molar-refractivity contribution in [2.75, 3.05) is 13.1 Å². The van der Waals surface area contributed by atoms with Gasteiger partial charge in [-0.15, -0.1) is 0 Å². The van der Waals surface area contributed by atoms with E-state index in [-0.39, 0.29) is 0 Å². The Hall–Kier alpha value is -0.393. The van der Waals surface area contributed by atoms with E-state index in [1.54, 1.807) is 0 Å². The molecule has 0 saturated carbocycles. The zero-order chi connectivity index (χ0) is 18.5. The standard InChI is InChI=1S/2C6H5.2C4H10N.2Zn/c2*1-2-4-6-5-3-1;2*1-2-3-4-5;;/h2*1-5H;2*5H,2-4H2,1H3;;/q;;2*-1;2*+1. The van der Waals surface area contributed by atoms with E-state index >= 15 is 0 Å². The number of hydrogen-bond acceptors (Lipinski definition) is 0. The molecule has 0 heterocycles. The Morgan fingerprint density at radius 2 is 0.917 bits per heavy atom. The third-order valence-corrected chi connectivity index (χ3v) is 4.72. The molecular weight excluding hydrogens is 399 g/mol. The molecule has 124 valence electrons. The van der Waals surface area contributed by atoms with Gasteiger partial charge in [0, 0.05) is 0 Å². The fraction of sp³-hybridized carbons (Fsp3) is 0.400. The average molecular weight is 429 g/mol. The summed E-state index contributed by atoms with van der Waals surface area (Å²) in [5.74, 6) is 0. The van der Waals surface area contributed by atoms with Crippen LogP contribution in [-0.4, -0.2) is 13.1 Å². The second-order valence-electron chi connectivity index (χ2n) is 5.18. The summed E-state index contributed by atoms with van der Waals surface area (Å²) in [6.07, 6.45) is 4.42. The van der Waals surface area contributed by atoms with Gasteiger partial charge in [-0.1, -0.05) is 39.5 Å². The van der Waals surface area contributed by atoms with Crippen LogP contribution >= 0.6 is 0 Å². The van der Waals surface area contributed by atoms with Crippen molar-refractivity contribution >= 4 is 8.32 Å². The Balaban J connectivity index is 0. The summed E-state index contributed by atoms with van der Waals surface area (Å²) in [5.41, 5.74) is 13.2. The van der Waals surface area contributed by atoms with Crippen LogP contribution in [0.25, 0.3) is 11.5 Å². The molecule has 0 saturated heterocycles. The molecule has 0 aliphatic carbocycles. The maximum atomic E-state index is 6.60. The Labute approximate surface area is 169 Å². The van der Waals surface area contributed by atoms with E-state index in [1.807, 2.05) is 12.1 Å². The summed E-state index contributed by atoms with van der Waals surface area (Å²) in [6.45, 7) is 5.37. The van der Waals surface area contributed by atoms with Crippen molar-refractivity contribution in [3.05, 3.63) is 72.1 Å². The van der Waals surface area contributed by atoms with Crippen molar-refractivity contribution in [3.63, 3.8) is 0 Å².